The molecule has 0 fully saturated rings. The zero-order valence-electron chi connectivity index (χ0n) is 31.3. The van der Waals surface area contributed by atoms with Crippen molar-refractivity contribution in [3.05, 3.63) is 201 Å². The maximum Gasteiger partial charge on any atom is 0.164 e. The zero-order valence-corrected chi connectivity index (χ0v) is 31.3. The van der Waals surface area contributed by atoms with Gasteiger partial charge in [0, 0.05) is 41.5 Å². The number of nitrogens with zero attached hydrogens (tertiary/aromatic N) is 5. The van der Waals surface area contributed by atoms with E-state index in [-0.39, 0.29) is 0 Å². The van der Waals surface area contributed by atoms with Crippen molar-refractivity contribution in [1.29, 1.82) is 0 Å². The van der Waals surface area contributed by atoms with Crippen LogP contribution in [0, 0.1) is 0 Å². The molecule has 5 nitrogen and oxygen atoms in total. The van der Waals surface area contributed by atoms with Crippen molar-refractivity contribution in [2.45, 2.75) is 0 Å². The molecule has 58 heavy (non-hydrogen) atoms. The molecule has 0 saturated heterocycles. The monoisotopic (exact) mass is 739 g/mol. The molecule has 0 saturated carbocycles. The molecular formula is C53H33N5. The van der Waals surface area contributed by atoms with Crippen molar-refractivity contribution in [1.82, 2.24) is 24.9 Å². The Morgan fingerprint density at radius 1 is 0.259 bits per heavy atom. The second-order valence-corrected chi connectivity index (χ2v) is 14.6. The molecule has 3 heterocycles. The van der Waals surface area contributed by atoms with E-state index in [1.807, 2.05) is 67.3 Å². The highest BCUT2D eigenvalue weighted by Crippen LogP contribution is 2.40. The fourth-order valence-corrected chi connectivity index (χ4v) is 8.21. The third-order valence-electron chi connectivity index (χ3n) is 11.0. The minimum Gasteiger partial charge on any atom is -0.265 e. The minimum atomic E-state index is 0.605. The third-order valence-corrected chi connectivity index (χ3v) is 11.0. The lowest BCUT2D eigenvalue weighted by molar-refractivity contribution is 1.08. The van der Waals surface area contributed by atoms with Gasteiger partial charge in [-0.15, -0.1) is 0 Å². The predicted octanol–water partition coefficient (Wildman–Crippen LogP) is 13.2. The van der Waals surface area contributed by atoms with Crippen molar-refractivity contribution in [2.75, 3.05) is 0 Å². The van der Waals surface area contributed by atoms with Gasteiger partial charge in [0.25, 0.3) is 0 Å². The summed E-state index contributed by atoms with van der Waals surface area (Å²) in [4.78, 5) is 24.3. The molecule has 0 unspecified atom stereocenters. The summed E-state index contributed by atoms with van der Waals surface area (Å²) in [5.74, 6) is 1.86. The molecule has 11 aromatic rings. The summed E-state index contributed by atoms with van der Waals surface area (Å²) >= 11 is 0. The van der Waals surface area contributed by atoms with Gasteiger partial charge in [-0.1, -0.05) is 115 Å². The number of hydrogen-bond acceptors (Lipinski definition) is 5. The van der Waals surface area contributed by atoms with E-state index < -0.39 is 0 Å². The van der Waals surface area contributed by atoms with Gasteiger partial charge < -0.3 is 0 Å². The van der Waals surface area contributed by atoms with E-state index in [0.717, 1.165) is 66.6 Å². The second-order valence-electron chi connectivity index (χ2n) is 14.6. The van der Waals surface area contributed by atoms with Gasteiger partial charge in [0.15, 0.2) is 17.5 Å². The Kier molecular flexibility index (Phi) is 8.07. The van der Waals surface area contributed by atoms with Crippen molar-refractivity contribution in [3.8, 4) is 78.7 Å². The number of pyridine rings is 2. The van der Waals surface area contributed by atoms with Crippen LogP contribution in [0.25, 0.3) is 111 Å². The largest absolute Gasteiger partial charge is 0.265 e. The van der Waals surface area contributed by atoms with E-state index >= 15 is 0 Å². The van der Waals surface area contributed by atoms with Gasteiger partial charge in [0.2, 0.25) is 0 Å². The highest BCUT2D eigenvalue weighted by atomic mass is 15.0. The van der Waals surface area contributed by atoms with Gasteiger partial charge in [0.05, 0.1) is 0 Å². The zero-order chi connectivity index (χ0) is 38.4. The summed E-state index contributed by atoms with van der Waals surface area (Å²) in [5, 5.41) is 7.24. The Balaban J connectivity index is 1.14. The summed E-state index contributed by atoms with van der Waals surface area (Å²) in [6, 6.07) is 62.1. The summed E-state index contributed by atoms with van der Waals surface area (Å²) in [5.41, 5.74) is 11.6. The van der Waals surface area contributed by atoms with Gasteiger partial charge in [-0.3, -0.25) is 9.97 Å². The predicted molar refractivity (Wildman–Crippen MR) is 237 cm³/mol. The molecule has 8 aromatic carbocycles. The number of aromatic nitrogens is 5. The molecule has 0 aliphatic carbocycles. The van der Waals surface area contributed by atoms with Crippen LogP contribution >= 0.6 is 0 Å². The first-order valence-corrected chi connectivity index (χ1v) is 19.4. The van der Waals surface area contributed by atoms with Crippen molar-refractivity contribution in [3.63, 3.8) is 0 Å². The van der Waals surface area contributed by atoms with Crippen molar-refractivity contribution < 1.29 is 0 Å². The lowest BCUT2D eigenvalue weighted by atomic mass is 9.91. The third kappa shape index (κ3) is 6.03. The van der Waals surface area contributed by atoms with E-state index in [2.05, 4.69) is 143 Å². The van der Waals surface area contributed by atoms with E-state index in [4.69, 9.17) is 15.0 Å². The van der Waals surface area contributed by atoms with Gasteiger partial charge in [-0.25, -0.2) is 15.0 Å². The molecule has 5 heteroatoms. The van der Waals surface area contributed by atoms with E-state index in [9.17, 15) is 0 Å². The van der Waals surface area contributed by atoms with Crippen LogP contribution in [-0.2, 0) is 0 Å². The highest BCUT2D eigenvalue weighted by molar-refractivity contribution is 6.25. The van der Waals surface area contributed by atoms with E-state index in [1.165, 1.54) is 26.9 Å². The molecule has 0 aliphatic heterocycles. The molecule has 0 amide bonds. The summed E-state index contributed by atoms with van der Waals surface area (Å²) in [7, 11) is 0. The van der Waals surface area contributed by atoms with Crippen LogP contribution < -0.4 is 0 Å². The molecular weight excluding hydrogens is 707 g/mol. The Morgan fingerprint density at radius 3 is 1.29 bits per heavy atom. The van der Waals surface area contributed by atoms with E-state index in [1.54, 1.807) is 0 Å². The second kappa shape index (κ2) is 14.0. The SMILES string of the molecule is c1ccc(-c2nc(-c3cc(-c4cccc(-c5ccncc5)c4)cc(-c4cccc(-c5ccncc5)c4)c3)nc(-c3ccc4ccc5cccc6ccc3c4c56)n2)cc1. The van der Waals surface area contributed by atoms with Crippen LogP contribution in [0.1, 0.15) is 0 Å². The normalized spacial score (nSPS) is 11.4. The Bertz CT molecular complexity index is 3160. The van der Waals surface area contributed by atoms with Crippen molar-refractivity contribution >= 4 is 32.3 Å². The molecule has 0 aliphatic rings. The van der Waals surface area contributed by atoms with Crippen LogP contribution in [-0.4, -0.2) is 24.9 Å². The van der Waals surface area contributed by atoms with Crippen LogP contribution in [0.2, 0.25) is 0 Å². The molecule has 11 rings (SSSR count). The van der Waals surface area contributed by atoms with Gasteiger partial charge in [-0.2, -0.15) is 0 Å². The van der Waals surface area contributed by atoms with Gasteiger partial charge >= 0.3 is 0 Å². The van der Waals surface area contributed by atoms with E-state index in [0.29, 0.717) is 17.5 Å². The fraction of sp³-hybridized carbons (Fsp3) is 0. The Morgan fingerprint density at radius 2 is 0.690 bits per heavy atom. The lowest BCUT2D eigenvalue weighted by Crippen LogP contribution is -2.01. The quantitative estimate of drug-likeness (QED) is 0.152. The fourth-order valence-electron chi connectivity index (χ4n) is 8.21. The molecule has 0 atom stereocenters. The first-order valence-electron chi connectivity index (χ1n) is 19.4. The Labute approximate surface area is 335 Å². The van der Waals surface area contributed by atoms with Gasteiger partial charge in [0.1, 0.15) is 0 Å². The topological polar surface area (TPSA) is 64.5 Å². The number of benzene rings is 8. The summed E-state index contributed by atoms with van der Waals surface area (Å²) in [6.45, 7) is 0. The van der Waals surface area contributed by atoms with Crippen LogP contribution in [0.5, 0.6) is 0 Å². The van der Waals surface area contributed by atoms with Crippen LogP contribution in [0.15, 0.2) is 201 Å². The molecule has 0 spiro atoms. The summed E-state index contributed by atoms with van der Waals surface area (Å²) < 4.78 is 0. The standard InChI is InChI=1S/C53H33N5/c1-2-7-39(8-3-1)51-56-52(58-53(57-51)48-20-18-38-16-15-36-9-4-10-37-17-19-47(48)50(38)49(36)37)46-32-44(42-13-5-11-40(29-42)34-21-25-54-26-22-34)31-45(33-46)43-14-6-12-41(30-43)35-23-27-55-28-24-35/h1-33H. The minimum absolute atomic E-state index is 0.605. The molecule has 270 valence electrons. The molecule has 0 N–H and O–H groups in total. The van der Waals surface area contributed by atoms with Crippen molar-refractivity contribution in [2.24, 2.45) is 0 Å². The number of rotatable bonds is 7. The van der Waals surface area contributed by atoms with Crippen LogP contribution in [0.3, 0.4) is 0 Å². The average molecular weight is 740 g/mol. The maximum atomic E-state index is 5.35. The maximum absolute atomic E-state index is 5.35. The number of hydrogen-bond donors (Lipinski definition) is 0. The first kappa shape index (κ1) is 33.4. The smallest absolute Gasteiger partial charge is 0.164 e. The average Bonchev–Trinajstić information content (AvgIpc) is 3.31. The van der Waals surface area contributed by atoms with Crippen LogP contribution in [0.4, 0.5) is 0 Å². The highest BCUT2D eigenvalue weighted by Gasteiger charge is 2.18. The van der Waals surface area contributed by atoms with Gasteiger partial charge in [-0.05, 0) is 137 Å². The molecule has 0 radical (unpaired) electrons. The molecule has 3 aromatic heterocycles. The first-order chi connectivity index (χ1) is 28.7. The Hall–Kier alpha value is -7.89. The lowest BCUT2D eigenvalue weighted by Gasteiger charge is -2.15. The molecule has 0 bridgehead atoms. The summed E-state index contributed by atoms with van der Waals surface area (Å²) in [6.07, 6.45) is 7.33.